The molecule has 7 nitrogen and oxygen atoms in total. The number of likely N-dealkylation sites (N-methyl/N-ethyl adjacent to an activating group) is 2. The van der Waals surface area contributed by atoms with Crippen molar-refractivity contribution in [3.05, 3.63) is 47.9 Å². The van der Waals surface area contributed by atoms with E-state index in [1.165, 1.54) is 0 Å². The van der Waals surface area contributed by atoms with E-state index in [0.717, 1.165) is 65.8 Å². The summed E-state index contributed by atoms with van der Waals surface area (Å²) in [7, 11) is 7.48. The molecule has 7 heteroatoms. The standard InChI is InChI=1S/C24H32N4O3/c1-7-8-20-23(17(2)31-26-20)24-21(13-14-22(25-24)30-6)28(4)16-15-27(3)18-9-11-19(29-5)12-10-18/h9-14H,7-8,15-16H2,1-6H3. The zero-order chi connectivity index (χ0) is 22.4. The Bertz CT molecular complexity index is 985. The fourth-order valence-electron chi connectivity index (χ4n) is 3.55. The summed E-state index contributed by atoms with van der Waals surface area (Å²) in [4.78, 5) is 9.21. The highest BCUT2D eigenvalue weighted by Gasteiger charge is 2.21. The number of aromatic nitrogens is 2. The number of rotatable bonds is 10. The molecule has 31 heavy (non-hydrogen) atoms. The molecule has 166 valence electrons. The quantitative estimate of drug-likeness (QED) is 0.472. The zero-order valence-electron chi connectivity index (χ0n) is 19.3. The van der Waals surface area contributed by atoms with E-state index in [1.807, 2.05) is 25.1 Å². The minimum atomic E-state index is 0.575. The van der Waals surface area contributed by atoms with Crippen LogP contribution in [-0.2, 0) is 6.42 Å². The van der Waals surface area contributed by atoms with E-state index in [4.69, 9.17) is 19.0 Å². The molecular formula is C24H32N4O3. The smallest absolute Gasteiger partial charge is 0.213 e. The summed E-state index contributed by atoms with van der Waals surface area (Å²) in [6, 6.07) is 12.0. The first-order chi connectivity index (χ1) is 15.0. The van der Waals surface area contributed by atoms with Gasteiger partial charge in [-0.2, -0.15) is 0 Å². The van der Waals surface area contributed by atoms with Gasteiger partial charge in [0.1, 0.15) is 17.2 Å². The minimum absolute atomic E-state index is 0.575. The van der Waals surface area contributed by atoms with E-state index in [0.29, 0.717) is 5.88 Å². The van der Waals surface area contributed by atoms with Crippen LogP contribution in [0.3, 0.4) is 0 Å². The molecule has 0 bridgehead atoms. The Morgan fingerprint density at radius 1 is 0.935 bits per heavy atom. The molecule has 0 amide bonds. The summed E-state index contributed by atoms with van der Waals surface area (Å²) in [5.74, 6) is 2.20. The molecule has 0 unspecified atom stereocenters. The summed E-state index contributed by atoms with van der Waals surface area (Å²) in [5.41, 5.74) is 4.91. The Morgan fingerprint density at radius 2 is 1.65 bits per heavy atom. The fourth-order valence-corrected chi connectivity index (χ4v) is 3.55. The van der Waals surface area contributed by atoms with Crippen molar-refractivity contribution in [2.75, 3.05) is 51.2 Å². The summed E-state index contributed by atoms with van der Waals surface area (Å²) < 4.78 is 16.2. The number of hydrogen-bond donors (Lipinski definition) is 0. The molecule has 0 N–H and O–H groups in total. The first-order valence-electron chi connectivity index (χ1n) is 10.5. The van der Waals surface area contributed by atoms with Crippen molar-refractivity contribution in [3.63, 3.8) is 0 Å². The Kier molecular flexibility index (Phi) is 7.39. The molecule has 1 aromatic carbocycles. The lowest BCUT2D eigenvalue weighted by molar-refractivity contribution is 0.390. The second-order valence-electron chi connectivity index (χ2n) is 7.57. The highest BCUT2D eigenvalue weighted by Crippen LogP contribution is 2.35. The van der Waals surface area contributed by atoms with Crippen molar-refractivity contribution in [2.24, 2.45) is 0 Å². The number of hydrogen-bond acceptors (Lipinski definition) is 7. The Balaban J connectivity index is 1.84. The molecule has 0 saturated heterocycles. The summed E-state index contributed by atoms with van der Waals surface area (Å²) >= 11 is 0. The van der Waals surface area contributed by atoms with Crippen LogP contribution < -0.4 is 19.3 Å². The van der Waals surface area contributed by atoms with Crippen LogP contribution in [0, 0.1) is 6.92 Å². The van der Waals surface area contributed by atoms with Crippen molar-refractivity contribution in [1.29, 1.82) is 0 Å². The van der Waals surface area contributed by atoms with Crippen molar-refractivity contribution in [1.82, 2.24) is 10.1 Å². The van der Waals surface area contributed by atoms with Crippen molar-refractivity contribution in [3.8, 4) is 22.9 Å². The number of ether oxygens (including phenoxy) is 2. The van der Waals surface area contributed by atoms with E-state index >= 15 is 0 Å². The van der Waals surface area contributed by atoms with Crippen LogP contribution in [0.1, 0.15) is 24.8 Å². The number of methoxy groups -OCH3 is 2. The van der Waals surface area contributed by atoms with E-state index in [-0.39, 0.29) is 0 Å². The number of nitrogens with zero attached hydrogens (tertiary/aromatic N) is 4. The molecular weight excluding hydrogens is 392 g/mol. The average Bonchev–Trinajstić information content (AvgIpc) is 3.16. The van der Waals surface area contributed by atoms with Crippen molar-refractivity contribution >= 4 is 11.4 Å². The first-order valence-corrected chi connectivity index (χ1v) is 10.5. The monoisotopic (exact) mass is 424 g/mol. The van der Waals surface area contributed by atoms with Gasteiger partial charge in [-0.1, -0.05) is 18.5 Å². The van der Waals surface area contributed by atoms with Gasteiger partial charge >= 0.3 is 0 Å². The van der Waals surface area contributed by atoms with Gasteiger partial charge in [0.2, 0.25) is 5.88 Å². The van der Waals surface area contributed by atoms with Gasteiger partial charge in [-0.25, -0.2) is 4.98 Å². The normalized spacial score (nSPS) is 10.8. The molecule has 0 aliphatic heterocycles. The van der Waals surface area contributed by atoms with Crippen LogP contribution in [0.5, 0.6) is 11.6 Å². The fraction of sp³-hybridized carbons (Fsp3) is 0.417. The van der Waals surface area contributed by atoms with Crippen LogP contribution in [0.25, 0.3) is 11.3 Å². The third-order valence-corrected chi connectivity index (χ3v) is 5.41. The molecule has 0 atom stereocenters. The van der Waals surface area contributed by atoms with E-state index in [9.17, 15) is 0 Å². The number of aryl methyl sites for hydroxylation is 2. The van der Waals surface area contributed by atoms with Crippen molar-refractivity contribution in [2.45, 2.75) is 26.7 Å². The maximum Gasteiger partial charge on any atom is 0.213 e. The second kappa shape index (κ2) is 10.2. The maximum atomic E-state index is 5.52. The van der Waals surface area contributed by atoms with Crippen LogP contribution in [-0.4, -0.2) is 51.5 Å². The second-order valence-corrected chi connectivity index (χ2v) is 7.57. The Labute approximate surface area is 184 Å². The summed E-state index contributed by atoms with van der Waals surface area (Å²) in [6.45, 7) is 5.73. The van der Waals surface area contributed by atoms with Crippen LogP contribution in [0.2, 0.25) is 0 Å². The third kappa shape index (κ3) is 5.10. The summed E-state index contributed by atoms with van der Waals surface area (Å²) in [5, 5.41) is 4.27. The van der Waals surface area contributed by atoms with E-state index in [2.05, 4.69) is 54.2 Å². The third-order valence-electron chi connectivity index (χ3n) is 5.41. The Morgan fingerprint density at radius 3 is 2.29 bits per heavy atom. The summed E-state index contributed by atoms with van der Waals surface area (Å²) in [6.07, 6.45) is 1.83. The van der Waals surface area contributed by atoms with Gasteiger partial charge in [0.05, 0.1) is 31.2 Å². The molecule has 0 aliphatic rings. The van der Waals surface area contributed by atoms with Gasteiger partial charge in [0.15, 0.2) is 0 Å². The van der Waals surface area contributed by atoms with Gasteiger partial charge in [0, 0.05) is 38.9 Å². The van der Waals surface area contributed by atoms with Gasteiger partial charge < -0.3 is 23.8 Å². The lowest BCUT2D eigenvalue weighted by Gasteiger charge is -2.26. The molecule has 0 spiro atoms. The Hall–Kier alpha value is -3.22. The number of pyridine rings is 1. The van der Waals surface area contributed by atoms with Crippen LogP contribution >= 0.6 is 0 Å². The zero-order valence-corrected chi connectivity index (χ0v) is 19.3. The molecule has 2 heterocycles. The van der Waals surface area contributed by atoms with Crippen LogP contribution in [0.15, 0.2) is 40.9 Å². The van der Waals surface area contributed by atoms with Crippen LogP contribution in [0.4, 0.5) is 11.4 Å². The molecule has 3 rings (SSSR count). The predicted octanol–water partition coefficient (Wildman–Crippen LogP) is 4.59. The maximum absolute atomic E-state index is 5.52. The topological polar surface area (TPSA) is 63.9 Å². The van der Waals surface area contributed by atoms with Gasteiger partial charge in [0.25, 0.3) is 0 Å². The van der Waals surface area contributed by atoms with Gasteiger partial charge in [-0.15, -0.1) is 0 Å². The molecule has 0 aliphatic carbocycles. The highest BCUT2D eigenvalue weighted by molar-refractivity contribution is 5.78. The van der Waals surface area contributed by atoms with E-state index in [1.54, 1.807) is 14.2 Å². The number of benzene rings is 1. The van der Waals surface area contributed by atoms with Gasteiger partial charge in [-0.05, 0) is 43.7 Å². The largest absolute Gasteiger partial charge is 0.497 e. The molecule has 0 saturated carbocycles. The highest BCUT2D eigenvalue weighted by atomic mass is 16.5. The predicted molar refractivity (Wildman–Crippen MR) is 125 cm³/mol. The molecule has 2 aromatic heterocycles. The minimum Gasteiger partial charge on any atom is -0.497 e. The average molecular weight is 425 g/mol. The lowest BCUT2D eigenvalue weighted by atomic mass is 10.0. The first kappa shape index (κ1) is 22.5. The van der Waals surface area contributed by atoms with Crippen molar-refractivity contribution < 1.29 is 14.0 Å². The van der Waals surface area contributed by atoms with E-state index < -0.39 is 0 Å². The van der Waals surface area contributed by atoms with Gasteiger partial charge in [-0.3, -0.25) is 0 Å². The molecule has 0 radical (unpaired) electrons. The SMILES string of the molecule is CCCc1noc(C)c1-c1nc(OC)ccc1N(C)CCN(C)c1ccc(OC)cc1. The number of anilines is 2. The molecule has 0 fully saturated rings. The lowest BCUT2D eigenvalue weighted by Crippen LogP contribution is -2.31. The molecule has 3 aromatic rings.